The summed E-state index contributed by atoms with van der Waals surface area (Å²) in [6.45, 7) is 2.56. The third-order valence-corrected chi connectivity index (χ3v) is 8.78. The lowest BCUT2D eigenvalue weighted by molar-refractivity contribution is -0.126. The maximum Gasteiger partial charge on any atom is 0.243 e. The Balaban J connectivity index is 1.37. The molecule has 0 aromatic heterocycles. The van der Waals surface area contributed by atoms with E-state index in [1.807, 2.05) is 19.1 Å². The van der Waals surface area contributed by atoms with E-state index in [-0.39, 0.29) is 17.9 Å². The minimum atomic E-state index is -3.54. The van der Waals surface area contributed by atoms with Crippen LogP contribution in [0.3, 0.4) is 0 Å². The number of aryl methyl sites for hydroxylation is 2. The average Bonchev–Trinajstić information content (AvgIpc) is 3.21. The molecule has 1 unspecified atom stereocenters. The Bertz CT molecular complexity index is 1100. The van der Waals surface area contributed by atoms with Crippen molar-refractivity contribution in [1.29, 1.82) is 0 Å². The van der Waals surface area contributed by atoms with E-state index in [0.29, 0.717) is 40.9 Å². The standard InChI is InChI=1S/C23H26Cl2N2O3S/c1-15(21-8-6-19(24)14-22(21)25)26-23(28)17-9-11-27(12-10-17)31(29,30)20-7-5-16-3-2-4-18(16)13-20/h5-8,13-15,17H,2-4,9-12H2,1H3,(H,26,28). The summed E-state index contributed by atoms with van der Waals surface area (Å²) in [6.07, 6.45) is 4.04. The highest BCUT2D eigenvalue weighted by Crippen LogP contribution is 2.30. The summed E-state index contributed by atoms with van der Waals surface area (Å²) in [5.41, 5.74) is 3.20. The highest BCUT2D eigenvalue weighted by atomic mass is 35.5. The maximum atomic E-state index is 13.1. The third kappa shape index (κ3) is 4.77. The molecule has 1 N–H and O–H groups in total. The number of benzene rings is 2. The number of nitrogens with zero attached hydrogens (tertiary/aromatic N) is 1. The highest BCUT2D eigenvalue weighted by Gasteiger charge is 2.33. The molecule has 0 spiro atoms. The average molecular weight is 481 g/mol. The van der Waals surface area contributed by atoms with Crippen LogP contribution in [-0.2, 0) is 27.7 Å². The van der Waals surface area contributed by atoms with Crippen molar-refractivity contribution in [2.45, 2.75) is 50.0 Å². The number of fused-ring (bicyclic) bond motifs is 1. The Hall–Kier alpha value is -1.60. The van der Waals surface area contributed by atoms with Crippen molar-refractivity contribution in [2.75, 3.05) is 13.1 Å². The van der Waals surface area contributed by atoms with Crippen LogP contribution in [-0.4, -0.2) is 31.7 Å². The lowest BCUT2D eigenvalue weighted by atomic mass is 9.96. The molecule has 4 rings (SSSR count). The number of hydrogen-bond acceptors (Lipinski definition) is 3. The van der Waals surface area contributed by atoms with Crippen LogP contribution in [0, 0.1) is 5.92 Å². The van der Waals surface area contributed by atoms with E-state index in [1.54, 1.807) is 24.3 Å². The second kappa shape index (κ2) is 9.10. The summed E-state index contributed by atoms with van der Waals surface area (Å²) in [5.74, 6) is -0.298. The predicted molar refractivity (Wildman–Crippen MR) is 123 cm³/mol. The van der Waals surface area contributed by atoms with Crippen LogP contribution in [0.5, 0.6) is 0 Å². The van der Waals surface area contributed by atoms with E-state index in [4.69, 9.17) is 23.2 Å². The van der Waals surface area contributed by atoms with Gasteiger partial charge >= 0.3 is 0 Å². The number of nitrogens with one attached hydrogen (secondary N) is 1. The Kier molecular flexibility index (Phi) is 6.63. The van der Waals surface area contributed by atoms with E-state index in [0.717, 1.165) is 30.4 Å². The van der Waals surface area contributed by atoms with Crippen LogP contribution in [0.25, 0.3) is 0 Å². The minimum absolute atomic E-state index is 0.0758. The molecule has 8 heteroatoms. The first kappa shape index (κ1) is 22.6. The fourth-order valence-electron chi connectivity index (χ4n) is 4.48. The second-order valence-electron chi connectivity index (χ2n) is 8.36. The van der Waals surface area contributed by atoms with Gasteiger partial charge in [0.05, 0.1) is 10.9 Å². The summed E-state index contributed by atoms with van der Waals surface area (Å²) in [7, 11) is -3.54. The molecule has 1 saturated heterocycles. The first-order chi connectivity index (χ1) is 14.8. The van der Waals surface area contributed by atoms with Crippen molar-refractivity contribution < 1.29 is 13.2 Å². The lowest BCUT2D eigenvalue weighted by Gasteiger charge is -2.31. The van der Waals surface area contributed by atoms with Gasteiger partial charge in [-0.2, -0.15) is 4.31 Å². The Labute approximate surface area is 193 Å². The Morgan fingerprint density at radius 3 is 2.48 bits per heavy atom. The van der Waals surface area contributed by atoms with E-state index in [2.05, 4.69) is 5.32 Å². The van der Waals surface area contributed by atoms with Crippen molar-refractivity contribution in [3.8, 4) is 0 Å². The fourth-order valence-corrected chi connectivity index (χ4v) is 6.57. The molecule has 5 nitrogen and oxygen atoms in total. The van der Waals surface area contributed by atoms with Crippen LogP contribution < -0.4 is 5.32 Å². The van der Waals surface area contributed by atoms with Gasteiger partial charge in [-0.1, -0.05) is 35.3 Å². The number of rotatable bonds is 5. The number of amides is 1. The zero-order chi connectivity index (χ0) is 22.2. The van der Waals surface area contributed by atoms with Crippen LogP contribution in [0.4, 0.5) is 0 Å². The van der Waals surface area contributed by atoms with Gasteiger partial charge < -0.3 is 5.32 Å². The van der Waals surface area contributed by atoms with Crippen LogP contribution in [0.1, 0.15) is 48.9 Å². The van der Waals surface area contributed by atoms with Crippen LogP contribution in [0.15, 0.2) is 41.3 Å². The van der Waals surface area contributed by atoms with Gasteiger partial charge in [0, 0.05) is 29.1 Å². The molecule has 2 aliphatic rings. The van der Waals surface area contributed by atoms with Gasteiger partial charge in [0.1, 0.15) is 0 Å². The van der Waals surface area contributed by atoms with Gasteiger partial charge in [0.25, 0.3) is 0 Å². The zero-order valence-electron chi connectivity index (χ0n) is 17.4. The van der Waals surface area contributed by atoms with E-state index in [1.165, 1.54) is 9.87 Å². The predicted octanol–water partition coefficient (Wildman–Crippen LogP) is 4.76. The molecule has 1 heterocycles. The third-order valence-electron chi connectivity index (χ3n) is 6.32. The molecule has 0 radical (unpaired) electrons. The number of piperidine rings is 1. The first-order valence-corrected chi connectivity index (χ1v) is 12.8. The first-order valence-electron chi connectivity index (χ1n) is 10.6. The molecular formula is C23H26Cl2N2O3S. The second-order valence-corrected chi connectivity index (χ2v) is 11.1. The molecular weight excluding hydrogens is 455 g/mol. The topological polar surface area (TPSA) is 66.5 Å². The van der Waals surface area contributed by atoms with E-state index in [9.17, 15) is 13.2 Å². The number of carbonyl (C=O) groups excluding carboxylic acids is 1. The zero-order valence-corrected chi connectivity index (χ0v) is 19.7. The SMILES string of the molecule is CC(NC(=O)C1CCN(S(=O)(=O)c2ccc3c(c2)CCC3)CC1)c1ccc(Cl)cc1Cl. The molecule has 0 bridgehead atoms. The summed E-state index contributed by atoms with van der Waals surface area (Å²) in [6, 6.07) is 10.4. The van der Waals surface area contributed by atoms with Crippen molar-refractivity contribution >= 4 is 39.1 Å². The molecule has 1 amide bonds. The monoisotopic (exact) mass is 480 g/mol. The Morgan fingerprint density at radius 2 is 1.77 bits per heavy atom. The molecule has 2 aromatic rings. The molecule has 31 heavy (non-hydrogen) atoms. The van der Waals surface area contributed by atoms with Gasteiger partial charge in [0.15, 0.2) is 0 Å². The molecule has 1 aliphatic heterocycles. The molecule has 2 aromatic carbocycles. The maximum absolute atomic E-state index is 13.1. The molecule has 0 saturated carbocycles. The molecule has 166 valence electrons. The quantitative estimate of drug-likeness (QED) is 0.670. The molecule has 1 fully saturated rings. The number of carbonyl (C=O) groups is 1. The summed E-state index contributed by atoms with van der Waals surface area (Å²) < 4.78 is 27.7. The van der Waals surface area contributed by atoms with E-state index >= 15 is 0 Å². The Morgan fingerprint density at radius 1 is 1.06 bits per heavy atom. The van der Waals surface area contributed by atoms with Gasteiger partial charge in [-0.15, -0.1) is 0 Å². The van der Waals surface area contributed by atoms with Crippen molar-refractivity contribution in [1.82, 2.24) is 9.62 Å². The van der Waals surface area contributed by atoms with Crippen LogP contribution in [0.2, 0.25) is 10.0 Å². The normalized spacial score (nSPS) is 18.5. The number of halogens is 2. The lowest BCUT2D eigenvalue weighted by Crippen LogP contribution is -2.43. The highest BCUT2D eigenvalue weighted by molar-refractivity contribution is 7.89. The van der Waals surface area contributed by atoms with Crippen molar-refractivity contribution in [3.05, 3.63) is 63.1 Å². The molecule has 1 atom stereocenters. The van der Waals surface area contributed by atoms with Crippen molar-refractivity contribution in [2.24, 2.45) is 5.92 Å². The molecule has 1 aliphatic carbocycles. The minimum Gasteiger partial charge on any atom is -0.349 e. The van der Waals surface area contributed by atoms with Gasteiger partial charge in [0.2, 0.25) is 15.9 Å². The van der Waals surface area contributed by atoms with Gasteiger partial charge in [-0.25, -0.2) is 8.42 Å². The van der Waals surface area contributed by atoms with Crippen molar-refractivity contribution in [3.63, 3.8) is 0 Å². The van der Waals surface area contributed by atoms with E-state index < -0.39 is 10.0 Å². The number of sulfonamides is 1. The fraction of sp³-hybridized carbons (Fsp3) is 0.435. The summed E-state index contributed by atoms with van der Waals surface area (Å²) >= 11 is 12.2. The van der Waals surface area contributed by atoms with Gasteiger partial charge in [-0.05, 0) is 80.0 Å². The largest absolute Gasteiger partial charge is 0.349 e. The summed E-state index contributed by atoms with van der Waals surface area (Å²) in [5, 5.41) is 4.06. The number of hydrogen-bond donors (Lipinski definition) is 1. The summed E-state index contributed by atoms with van der Waals surface area (Å²) in [4.78, 5) is 13.1. The smallest absolute Gasteiger partial charge is 0.243 e. The van der Waals surface area contributed by atoms with Crippen LogP contribution >= 0.6 is 23.2 Å². The van der Waals surface area contributed by atoms with Gasteiger partial charge in [-0.3, -0.25) is 4.79 Å².